The third-order valence-corrected chi connectivity index (χ3v) is 3.75. The van der Waals surface area contributed by atoms with Gasteiger partial charge < -0.3 is 5.73 Å². The fraction of sp³-hybridized carbons (Fsp3) is 0.267. The van der Waals surface area contributed by atoms with Crippen molar-refractivity contribution in [3.05, 3.63) is 59.3 Å². The molecule has 0 amide bonds. The van der Waals surface area contributed by atoms with Crippen molar-refractivity contribution in [1.82, 2.24) is 4.98 Å². The zero-order valence-corrected chi connectivity index (χ0v) is 11.6. The Hall–Kier alpha value is -1.32. The number of hydrogen-bond acceptors (Lipinski definition) is 3. The van der Waals surface area contributed by atoms with E-state index in [1.165, 1.54) is 11.1 Å². The minimum Gasteiger partial charge on any atom is -0.324 e. The third kappa shape index (κ3) is 3.59. The van der Waals surface area contributed by atoms with E-state index >= 15 is 0 Å². The lowest BCUT2D eigenvalue weighted by Gasteiger charge is -2.07. The minimum atomic E-state index is 0.0614. The quantitative estimate of drug-likeness (QED) is 0.850. The Bertz CT molecular complexity index is 523. The van der Waals surface area contributed by atoms with Crippen LogP contribution in [0.15, 0.2) is 47.6 Å². The highest BCUT2D eigenvalue weighted by molar-refractivity contribution is 7.98. The first-order valence-electron chi connectivity index (χ1n) is 6.05. The Kier molecular flexibility index (Phi) is 4.39. The van der Waals surface area contributed by atoms with Crippen molar-refractivity contribution in [3.8, 4) is 0 Å². The second-order valence-corrected chi connectivity index (χ2v) is 5.49. The van der Waals surface area contributed by atoms with Gasteiger partial charge >= 0.3 is 0 Å². The summed E-state index contributed by atoms with van der Waals surface area (Å²) in [7, 11) is 0. The minimum absolute atomic E-state index is 0.0614. The molecule has 0 aliphatic rings. The second-order valence-electron chi connectivity index (χ2n) is 4.49. The summed E-state index contributed by atoms with van der Waals surface area (Å²) in [6.07, 6.45) is 1.83. The largest absolute Gasteiger partial charge is 0.324 e. The maximum atomic E-state index is 5.87. The van der Waals surface area contributed by atoms with Crippen LogP contribution in [-0.4, -0.2) is 4.98 Å². The van der Waals surface area contributed by atoms with Gasteiger partial charge in [-0.2, -0.15) is 0 Å². The van der Waals surface area contributed by atoms with E-state index in [1.54, 1.807) is 11.8 Å². The number of rotatable bonds is 4. The van der Waals surface area contributed by atoms with Gasteiger partial charge in [-0.25, -0.2) is 4.98 Å². The molecule has 0 saturated carbocycles. The van der Waals surface area contributed by atoms with E-state index in [4.69, 9.17) is 5.73 Å². The van der Waals surface area contributed by atoms with Gasteiger partial charge in [0.1, 0.15) is 0 Å². The van der Waals surface area contributed by atoms with E-state index in [9.17, 15) is 0 Å². The molecule has 1 aromatic carbocycles. The molecule has 0 spiro atoms. The number of nitrogens with two attached hydrogens (primary N) is 1. The predicted octanol–water partition coefficient (Wildman–Crippen LogP) is 3.70. The van der Waals surface area contributed by atoms with Gasteiger partial charge in [-0.15, -0.1) is 11.8 Å². The average Bonchev–Trinajstić information content (AvgIpc) is 2.37. The summed E-state index contributed by atoms with van der Waals surface area (Å²) >= 11 is 1.75. The summed E-state index contributed by atoms with van der Waals surface area (Å²) in [5.41, 5.74) is 9.63. The zero-order valence-electron chi connectivity index (χ0n) is 10.8. The average molecular weight is 258 g/mol. The number of aryl methyl sites for hydroxylation is 1. The van der Waals surface area contributed by atoms with E-state index in [1.807, 2.05) is 19.2 Å². The summed E-state index contributed by atoms with van der Waals surface area (Å²) in [6, 6.07) is 12.7. The Morgan fingerprint density at radius 1 is 1.28 bits per heavy atom. The molecule has 0 unspecified atom stereocenters. The normalized spacial score (nSPS) is 12.4. The molecular weight excluding hydrogens is 240 g/mol. The van der Waals surface area contributed by atoms with Crippen LogP contribution in [0.4, 0.5) is 0 Å². The van der Waals surface area contributed by atoms with E-state index in [0.717, 1.165) is 16.3 Å². The molecular formula is C15H18N2S. The maximum Gasteiger partial charge on any atom is 0.0966 e. The van der Waals surface area contributed by atoms with Gasteiger partial charge in [-0.3, -0.25) is 0 Å². The first-order valence-corrected chi connectivity index (χ1v) is 7.03. The number of hydrogen-bond donors (Lipinski definition) is 1. The standard InChI is InChI=1S/C15H18N2S/c1-11-4-3-5-13(8-11)10-18-15-9-14(12(2)16)6-7-17-15/h3-9,12H,10,16H2,1-2H3/t12-/m1/s1. The fourth-order valence-corrected chi connectivity index (χ4v) is 2.60. The molecule has 18 heavy (non-hydrogen) atoms. The Morgan fingerprint density at radius 3 is 2.83 bits per heavy atom. The highest BCUT2D eigenvalue weighted by Crippen LogP contribution is 2.23. The summed E-state index contributed by atoms with van der Waals surface area (Å²) in [4.78, 5) is 4.37. The van der Waals surface area contributed by atoms with Crippen LogP contribution in [0.25, 0.3) is 0 Å². The lowest BCUT2D eigenvalue weighted by molar-refractivity contribution is 0.808. The maximum absolute atomic E-state index is 5.87. The number of pyridine rings is 1. The smallest absolute Gasteiger partial charge is 0.0966 e. The van der Waals surface area contributed by atoms with Gasteiger partial charge in [0.15, 0.2) is 0 Å². The van der Waals surface area contributed by atoms with Crippen molar-refractivity contribution in [2.24, 2.45) is 5.73 Å². The number of benzene rings is 1. The molecule has 0 aliphatic carbocycles. The highest BCUT2D eigenvalue weighted by atomic mass is 32.2. The highest BCUT2D eigenvalue weighted by Gasteiger charge is 2.02. The molecule has 3 heteroatoms. The molecule has 0 aliphatic heterocycles. The van der Waals surface area contributed by atoms with Crippen LogP contribution in [0.3, 0.4) is 0 Å². The van der Waals surface area contributed by atoms with Crippen molar-refractivity contribution in [3.63, 3.8) is 0 Å². The van der Waals surface area contributed by atoms with Crippen LogP contribution < -0.4 is 5.73 Å². The van der Waals surface area contributed by atoms with E-state index in [0.29, 0.717) is 0 Å². The zero-order chi connectivity index (χ0) is 13.0. The molecule has 0 fully saturated rings. The van der Waals surface area contributed by atoms with E-state index in [2.05, 4.69) is 42.2 Å². The van der Waals surface area contributed by atoms with Gasteiger partial charge in [0.2, 0.25) is 0 Å². The molecule has 1 atom stereocenters. The molecule has 0 bridgehead atoms. The Balaban J connectivity index is 2.04. The molecule has 0 radical (unpaired) electrons. The lowest BCUT2D eigenvalue weighted by atomic mass is 10.1. The van der Waals surface area contributed by atoms with Gasteiger partial charge in [-0.05, 0) is 37.1 Å². The van der Waals surface area contributed by atoms with Gasteiger partial charge in [-0.1, -0.05) is 29.8 Å². The van der Waals surface area contributed by atoms with Crippen LogP contribution >= 0.6 is 11.8 Å². The van der Waals surface area contributed by atoms with E-state index in [-0.39, 0.29) is 6.04 Å². The van der Waals surface area contributed by atoms with Crippen LogP contribution in [0.2, 0.25) is 0 Å². The van der Waals surface area contributed by atoms with Crippen molar-refractivity contribution in [1.29, 1.82) is 0 Å². The second kappa shape index (κ2) is 6.03. The van der Waals surface area contributed by atoms with Crippen LogP contribution in [0, 0.1) is 6.92 Å². The summed E-state index contributed by atoms with van der Waals surface area (Å²) < 4.78 is 0. The van der Waals surface area contributed by atoms with Crippen molar-refractivity contribution in [2.45, 2.75) is 30.7 Å². The van der Waals surface area contributed by atoms with E-state index < -0.39 is 0 Å². The van der Waals surface area contributed by atoms with Gasteiger partial charge in [0.25, 0.3) is 0 Å². The van der Waals surface area contributed by atoms with Gasteiger partial charge in [0.05, 0.1) is 5.03 Å². The van der Waals surface area contributed by atoms with Crippen LogP contribution in [0.1, 0.15) is 29.7 Å². The SMILES string of the molecule is Cc1cccc(CSc2cc([C@@H](C)N)ccn2)c1. The van der Waals surface area contributed by atoms with Crippen molar-refractivity contribution in [2.75, 3.05) is 0 Å². The van der Waals surface area contributed by atoms with Crippen LogP contribution in [-0.2, 0) is 5.75 Å². The van der Waals surface area contributed by atoms with Gasteiger partial charge in [0, 0.05) is 18.0 Å². The monoisotopic (exact) mass is 258 g/mol. The van der Waals surface area contributed by atoms with Crippen molar-refractivity contribution < 1.29 is 0 Å². The molecule has 2 aromatic rings. The molecule has 2 N–H and O–H groups in total. The molecule has 1 heterocycles. The Morgan fingerprint density at radius 2 is 2.11 bits per heavy atom. The Labute approximate surface area is 113 Å². The summed E-state index contributed by atoms with van der Waals surface area (Å²) in [5, 5.41) is 1.03. The number of thioether (sulfide) groups is 1. The number of nitrogens with zero attached hydrogens (tertiary/aromatic N) is 1. The summed E-state index contributed by atoms with van der Waals surface area (Å²) in [6.45, 7) is 4.10. The molecule has 2 nitrogen and oxygen atoms in total. The molecule has 0 saturated heterocycles. The molecule has 94 valence electrons. The summed E-state index contributed by atoms with van der Waals surface area (Å²) in [5.74, 6) is 0.942. The molecule has 2 rings (SSSR count). The van der Waals surface area contributed by atoms with Crippen molar-refractivity contribution >= 4 is 11.8 Å². The first-order chi connectivity index (χ1) is 8.65. The molecule has 1 aromatic heterocycles. The lowest BCUT2D eigenvalue weighted by Crippen LogP contribution is -2.04. The number of aromatic nitrogens is 1. The predicted molar refractivity (Wildman–Crippen MR) is 77.6 cm³/mol. The fourth-order valence-electron chi connectivity index (χ4n) is 1.75. The first kappa shape index (κ1) is 13.1. The topological polar surface area (TPSA) is 38.9 Å². The van der Waals surface area contributed by atoms with Crippen LogP contribution in [0.5, 0.6) is 0 Å². The third-order valence-electron chi connectivity index (χ3n) is 2.75.